The second kappa shape index (κ2) is 12.2. The second-order valence-electron chi connectivity index (χ2n) is 10.5. The second-order valence-corrected chi connectivity index (χ2v) is 11.5. The Morgan fingerprint density at radius 3 is 2.42 bits per heavy atom. The highest BCUT2D eigenvalue weighted by Gasteiger charge is 2.45. The van der Waals surface area contributed by atoms with Crippen LogP contribution in [-0.4, -0.2) is 77.7 Å². The van der Waals surface area contributed by atoms with Gasteiger partial charge < -0.3 is 35.8 Å². The van der Waals surface area contributed by atoms with Crippen LogP contribution in [0.4, 0.5) is 24.9 Å². The molecule has 230 valence electrons. The lowest BCUT2D eigenvalue weighted by Crippen LogP contribution is -2.37. The number of aliphatic hydroxyl groups excluding tert-OH is 4. The van der Waals surface area contributed by atoms with Crippen molar-refractivity contribution in [3.05, 3.63) is 53.5 Å². The first kappa shape index (κ1) is 30.8. The molecular formula is C28H31F3N6O5S. The van der Waals surface area contributed by atoms with Crippen LogP contribution < -0.4 is 15.4 Å². The summed E-state index contributed by atoms with van der Waals surface area (Å²) in [5.74, 6) is -0.585. The Bertz CT molecular complexity index is 1590. The average Bonchev–Trinajstić information content (AvgIpc) is 3.49. The summed E-state index contributed by atoms with van der Waals surface area (Å²) in [6.07, 6.45) is -6.69. The van der Waals surface area contributed by atoms with Gasteiger partial charge in [0, 0.05) is 12.1 Å². The third-order valence-electron chi connectivity index (χ3n) is 7.48. The number of aryl methyl sites for hydroxylation is 2. The predicted octanol–water partition coefficient (Wildman–Crippen LogP) is 3.71. The number of aliphatic hydroxyl groups is 4. The van der Waals surface area contributed by atoms with Crippen molar-refractivity contribution in [2.24, 2.45) is 5.92 Å². The highest BCUT2D eigenvalue weighted by molar-refractivity contribution is 7.21. The Balaban J connectivity index is 1.48. The highest BCUT2D eigenvalue weighted by Crippen LogP contribution is 2.39. The number of rotatable bonds is 9. The number of anilines is 2. The molecule has 6 N–H and O–H groups in total. The first-order valence-electron chi connectivity index (χ1n) is 13.5. The molecule has 4 aromatic rings. The number of pyridine rings is 1. The third-order valence-corrected chi connectivity index (χ3v) is 8.52. The van der Waals surface area contributed by atoms with Crippen LogP contribution in [0, 0.1) is 19.8 Å². The number of fused-ring (bicyclic) bond motifs is 1. The molecule has 1 aliphatic rings. The Morgan fingerprint density at radius 1 is 1.05 bits per heavy atom. The van der Waals surface area contributed by atoms with Gasteiger partial charge in [0.15, 0.2) is 0 Å². The fourth-order valence-electron chi connectivity index (χ4n) is 5.23. The summed E-state index contributed by atoms with van der Waals surface area (Å²) in [6.45, 7) is 4.86. The predicted molar refractivity (Wildman–Crippen MR) is 154 cm³/mol. The minimum absolute atomic E-state index is 0.154. The number of alkyl halides is 3. The molecule has 43 heavy (non-hydrogen) atoms. The van der Waals surface area contributed by atoms with Gasteiger partial charge in [-0.25, -0.2) is 9.97 Å². The van der Waals surface area contributed by atoms with Gasteiger partial charge in [-0.3, -0.25) is 4.98 Å². The van der Waals surface area contributed by atoms with Crippen LogP contribution in [0.5, 0.6) is 5.75 Å². The zero-order valence-electron chi connectivity index (χ0n) is 23.4. The van der Waals surface area contributed by atoms with Crippen molar-refractivity contribution < 1.29 is 38.3 Å². The van der Waals surface area contributed by atoms with Gasteiger partial charge >= 0.3 is 6.36 Å². The van der Waals surface area contributed by atoms with Crippen LogP contribution in [0.1, 0.15) is 36.3 Å². The van der Waals surface area contributed by atoms with E-state index in [-0.39, 0.29) is 18.1 Å². The van der Waals surface area contributed by atoms with Gasteiger partial charge in [-0.1, -0.05) is 12.1 Å². The summed E-state index contributed by atoms with van der Waals surface area (Å²) >= 11 is 1.41. The third kappa shape index (κ3) is 6.65. The molecule has 1 saturated carbocycles. The Kier molecular flexibility index (Phi) is 8.72. The molecular weight excluding hydrogens is 589 g/mol. The molecule has 0 saturated heterocycles. The minimum atomic E-state index is -4.79. The zero-order valence-corrected chi connectivity index (χ0v) is 24.2. The molecule has 1 fully saturated rings. The largest absolute Gasteiger partial charge is 0.573 e. The van der Waals surface area contributed by atoms with Crippen molar-refractivity contribution in [3.8, 4) is 16.3 Å². The Hall–Kier alpha value is -3.63. The van der Waals surface area contributed by atoms with E-state index in [1.807, 2.05) is 13.0 Å². The molecule has 0 bridgehead atoms. The molecule has 0 amide bonds. The molecule has 6 unspecified atom stereocenters. The molecule has 1 aromatic carbocycles. The number of thiazole rings is 1. The van der Waals surface area contributed by atoms with E-state index in [0.717, 1.165) is 15.9 Å². The first-order chi connectivity index (χ1) is 20.3. The maximum Gasteiger partial charge on any atom is 0.573 e. The average molecular weight is 621 g/mol. The van der Waals surface area contributed by atoms with Crippen molar-refractivity contribution in [2.75, 3.05) is 17.2 Å². The van der Waals surface area contributed by atoms with E-state index in [9.17, 15) is 33.6 Å². The van der Waals surface area contributed by atoms with E-state index in [0.29, 0.717) is 27.6 Å². The molecule has 15 heteroatoms. The summed E-state index contributed by atoms with van der Waals surface area (Å²) in [5, 5.41) is 47.9. The summed E-state index contributed by atoms with van der Waals surface area (Å²) in [5.41, 5.74) is 3.25. The lowest BCUT2D eigenvalue weighted by molar-refractivity contribution is -0.274. The monoisotopic (exact) mass is 620 g/mol. The summed E-state index contributed by atoms with van der Waals surface area (Å²) in [4.78, 5) is 18.4. The van der Waals surface area contributed by atoms with Crippen molar-refractivity contribution in [2.45, 2.75) is 63.9 Å². The number of hydrogen-bond acceptors (Lipinski definition) is 12. The van der Waals surface area contributed by atoms with Gasteiger partial charge in [-0.05, 0) is 51.0 Å². The summed E-state index contributed by atoms with van der Waals surface area (Å²) in [7, 11) is 0. The highest BCUT2D eigenvalue weighted by atomic mass is 32.1. The number of halogens is 3. The normalized spacial score (nSPS) is 22.0. The maximum absolute atomic E-state index is 12.6. The topological polar surface area (TPSA) is 166 Å². The smallest absolute Gasteiger partial charge is 0.406 e. The number of nitrogens with zero attached hydrogens (tertiary/aromatic N) is 4. The van der Waals surface area contributed by atoms with Crippen LogP contribution in [0.15, 0.2) is 36.5 Å². The van der Waals surface area contributed by atoms with E-state index < -0.39 is 49.3 Å². The molecule has 0 radical (unpaired) electrons. The van der Waals surface area contributed by atoms with E-state index in [1.165, 1.54) is 35.6 Å². The Morgan fingerprint density at radius 2 is 1.77 bits per heavy atom. The summed E-state index contributed by atoms with van der Waals surface area (Å²) in [6, 6.07) is 6.15. The minimum Gasteiger partial charge on any atom is -0.406 e. The van der Waals surface area contributed by atoms with Crippen LogP contribution >= 0.6 is 11.3 Å². The molecule has 6 atom stereocenters. The van der Waals surface area contributed by atoms with Gasteiger partial charge in [0.05, 0.1) is 52.5 Å². The number of benzene rings is 1. The maximum atomic E-state index is 12.6. The number of aromatic nitrogens is 4. The molecule has 0 spiro atoms. The standard InChI is InChI=1S/C28H31F3N6O5S/c1-12(15-4-6-16(7-5-15)42-28(29,30)31)33-27-34-13(2)21(26-36-22-14(3)32-9-8-20(22)43-26)25(37-27)35-18-10-17(19(39)11-38)23(40)24(18)41/h4-9,12,17-19,23-24,38-41H,10-11H2,1-3H3,(H2,33,34,35,37). The molecule has 5 rings (SSSR count). The van der Waals surface area contributed by atoms with Gasteiger partial charge in [0.2, 0.25) is 5.95 Å². The van der Waals surface area contributed by atoms with E-state index in [1.54, 1.807) is 20.0 Å². The molecule has 1 aliphatic carbocycles. The van der Waals surface area contributed by atoms with Gasteiger partial charge in [-0.15, -0.1) is 24.5 Å². The lowest BCUT2D eigenvalue weighted by Gasteiger charge is -2.22. The Labute approximate surface area is 248 Å². The van der Waals surface area contributed by atoms with Crippen LogP contribution in [0.2, 0.25) is 0 Å². The van der Waals surface area contributed by atoms with Crippen LogP contribution in [0.3, 0.4) is 0 Å². The van der Waals surface area contributed by atoms with Crippen molar-refractivity contribution in [1.82, 2.24) is 19.9 Å². The zero-order chi connectivity index (χ0) is 31.1. The van der Waals surface area contributed by atoms with Crippen molar-refractivity contribution >= 4 is 33.3 Å². The number of nitrogens with one attached hydrogen (secondary N) is 2. The molecule has 3 heterocycles. The van der Waals surface area contributed by atoms with Crippen molar-refractivity contribution in [1.29, 1.82) is 0 Å². The van der Waals surface area contributed by atoms with Gasteiger partial charge in [0.25, 0.3) is 0 Å². The van der Waals surface area contributed by atoms with Crippen LogP contribution in [-0.2, 0) is 0 Å². The molecule has 11 nitrogen and oxygen atoms in total. The van der Waals surface area contributed by atoms with E-state index in [4.69, 9.17) is 4.98 Å². The van der Waals surface area contributed by atoms with Gasteiger partial charge in [0.1, 0.15) is 28.2 Å². The number of ether oxygens (including phenoxy) is 1. The lowest BCUT2D eigenvalue weighted by atomic mass is 9.99. The van der Waals surface area contributed by atoms with E-state index in [2.05, 4.69) is 30.3 Å². The SMILES string of the molecule is Cc1nc(NC(C)c2ccc(OC(F)(F)F)cc2)nc(NC2CC(C(O)CO)C(O)C2O)c1-c1nc2c(C)nccc2s1. The van der Waals surface area contributed by atoms with Gasteiger partial charge in [-0.2, -0.15) is 4.98 Å². The van der Waals surface area contributed by atoms with Crippen molar-refractivity contribution in [3.63, 3.8) is 0 Å². The van der Waals surface area contributed by atoms with E-state index >= 15 is 0 Å². The quantitative estimate of drug-likeness (QED) is 0.162. The summed E-state index contributed by atoms with van der Waals surface area (Å²) < 4.78 is 42.5. The fourth-order valence-corrected chi connectivity index (χ4v) is 6.34. The van der Waals surface area contributed by atoms with Crippen LogP contribution in [0.25, 0.3) is 20.8 Å². The molecule has 3 aromatic heterocycles. The first-order valence-corrected chi connectivity index (χ1v) is 14.3. The number of hydrogen-bond donors (Lipinski definition) is 6. The fraction of sp³-hybridized carbons (Fsp3) is 0.429. The molecule has 0 aliphatic heterocycles.